The minimum Gasteiger partial charge on any atom is -0.314 e. The van der Waals surface area contributed by atoms with Gasteiger partial charge in [0.15, 0.2) is 0 Å². The maximum atomic E-state index is 12.8. The van der Waals surface area contributed by atoms with Crippen LogP contribution in [-0.2, 0) is 10.2 Å². The van der Waals surface area contributed by atoms with Gasteiger partial charge in [0.25, 0.3) is 0 Å². The number of amides is 1. The maximum absolute atomic E-state index is 12.8. The number of benzene rings is 2. The standard InChI is InChI=1S/C17H17NO/c1-12-8-7-11-14-15(12)17(2,16(19)18(14)3)13-9-5-4-6-10-13/h4-11H,1-3H3. The van der Waals surface area contributed by atoms with Crippen LogP contribution in [0.2, 0.25) is 0 Å². The van der Waals surface area contributed by atoms with E-state index in [-0.39, 0.29) is 5.91 Å². The van der Waals surface area contributed by atoms with Gasteiger partial charge in [0.1, 0.15) is 0 Å². The minimum atomic E-state index is -0.573. The third-order valence-electron chi connectivity index (χ3n) is 4.20. The van der Waals surface area contributed by atoms with Crippen molar-refractivity contribution in [3.63, 3.8) is 0 Å². The predicted molar refractivity (Wildman–Crippen MR) is 77.5 cm³/mol. The van der Waals surface area contributed by atoms with E-state index in [0.29, 0.717) is 0 Å². The summed E-state index contributed by atoms with van der Waals surface area (Å²) in [4.78, 5) is 14.5. The largest absolute Gasteiger partial charge is 0.314 e. The molecule has 1 aliphatic heterocycles. The third-order valence-corrected chi connectivity index (χ3v) is 4.20. The molecular weight excluding hydrogens is 234 g/mol. The van der Waals surface area contributed by atoms with Crippen molar-refractivity contribution in [1.82, 2.24) is 0 Å². The van der Waals surface area contributed by atoms with Gasteiger partial charge in [-0.3, -0.25) is 4.79 Å². The van der Waals surface area contributed by atoms with Gasteiger partial charge in [-0.25, -0.2) is 0 Å². The lowest BCUT2D eigenvalue weighted by atomic mass is 9.75. The third kappa shape index (κ3) is 1.46. The lowest BCUT2D eigenvalue weighted by molar-refractivity contribution is -0.121. The summed E-state index contributed by atoms with van der Waals surface area (Å²) in [7, 11) is 1.86. The molecule has 0 saturated carbocycles. The van der Waals surface area contributed by atoms with Crippen LogP contribution in [-0.4, -0.2) is 13.0 Å². The first-order valence-electron chi connectivity index (χ1n) is 6.50. The van der Waals surface area contributed by atoms with Gasteiger partial charge >= 0.3 is 0 Å². The van der Waals surface area contributed by atoms with Crippen LogP contribution in [0, 0.1) is 6.92 Å². The van der Waals surface area contributed by atoms with Crippen LogP contribution < -0.4 is 4.90 Å². The Morgan fingerprint density at radius 3 is 2.37 bits per heavy atom. The summed E-state index contributed by atoms with van der Waals surface area (Å²) >= 11 is 0. The molecule has 0 aliphatic carbocycles. The Kier molecular flexibility index (Phi) is 2.49. The van der Waals surface area contributed by atoms with Crippen molar-refractivity contribution in [1.29, 1.82) is 0 Å². The van der Waals surface area contributed by atoms with Crippen LogP contribution in [0.1, 0.15) is 23.6 Å². The highest BCUT2D eigenvalue weighted by molar-refractivity contribution is 6.10. The lowest BCUT2D eigenvalue weighted by Gasteiger charge is -2.25. The van der Waals surface area contributed by atoms with E-state index in [9.17, 15) is 4.79 Å². The van der Waals surface area contributed by atoms with Crippen molar-refractivity contribution in [2.24, 2.45) is 0 Å². The van der Waals surface area contributed by atoms with E-state index in [0.717, 1.165) is 16.8 Å². The molecule has 1 unspecified atom stereocenters. The van der Waals surface area contributed by atoms with Gasteiger partial charge in [-0.05, 0) is 36.6 Å². The normalized spacial score (nSPS) is 21.6. The predicted octanol–water partition coefficient (Wildman–Crippen LogP) is 3.28. The van der Waals surface area contributed by atoms with E-state index in [1.54, 1.807) is 4.90 Å². The Hall–Kier alpha value is -2.09. The van der Waals surface area contributed by atoms with Gasteiger partial charge in [-0.1, -0.05) is 42.5 Å². The van der Waals surface area contributed by atoms with Crippen LogP contribution in [0.15, 0.2) is 48.5 Å². The molecule has 0 fully saturated rings. The highest BCUT2D eigenvalue weighted by atomic mass is 16.2. The first-order chi connectivity index (χ1) is 9.06. The molecule has 1 amide bonds. The molecule has 1 atom stereocenters. The summed E-state index contributed by atoms with van der Waals surface area (Å²) in [5, 5.41) is 0. The topological polar surface area (TPSA) is 20.3 Å². The highest BCUT2D eigenvalue weighted by Crippen LogP contribution is 2.46. The van der Waals surface area contributed by atoms with Crippen LogP contribution in [0.3, 0.4) is 0 Å². The van der Waals surface area contributed by atoms with Crippen LogP contribution in [0.5, 0.6) is 0 Å². The van der Waals surface area contributed by atoms with Gasteiger partial charge in [0.05, 0.1) is 5.41 Å². The maximum Gasteiger partial charge on any atom is 0.241 e. The molecule has 3 rings (SSSR count). The number of fused-ring (bicyclic) bond motifs is 1. The zero-order chi connectivity index (χ0) is 13.6. The second-order valence-electron chi connectivity index (χ2n) is 5.32. The molecule has 1 aliphatic rings. The first-order valence-corrected chi connectivity index (χ1v) is 6.50. The quantitative estimate of drug-likeness (QED) is 0.761. The zero-order valence-electron chi connectivity index (χ0n) is 11.5. The number of aryl methyl sites for hydroxylation is 1. The van der Waals surface area contributed by atoms with E-state index in [1.807, 2.05) is 56.4 Å². The Bertz CT molecular complexity index is 648. The van der Waals surface area contributed by atoms with Crippen molar-refractivity contribution in [2.75, 3.05) is 11.9 Å². The number of nitrogens with zero attached hydrogens (tertiary/aromatic N) is 1. The summed E-state index contributed by atoms with van der Waals surface area (Å²) in [6, 6.07) is 16.1. The molecule has 2 heteroatoms. The van der Waals surface area contributed by atoms with Gasteiger partial charge in [-0.15, -0.1) is 0 Å². The molecule has 19 heavy (non-hydrogen) atoms. The van der Waals surface area contributed by atoms with Crippen molar-refractivity contribution in [3.8, 4) is 0 Å². The Morgan fingerprint density at radius 2 is 1.68 bits per heavy atom. The molecule has 0 spiro atoms. The number of hydrogen-bond donors (Lipinski definition) is 0. The number of carbonyl (C=O) groups excluding carboxylic acids is 1. The van der Waals surface area contributed by atoms with Crippen molar-refractivity contribution >= 4 is 11.6 Å². The molecule has 0 radical (unpaired) electrons. The molecule has 96 valence electrons. The molecular formula is C17H17NO. The number of anilines is 1. The SMILES string of the molecule is Cc1cccc2c1C(C)(c1ccccc1)C(=O)N2C. The molecule has 0 aromatic heterocycles. The fourth-order valence-corrected chi connectivity index (χ4v) is 3.17. The van der Waals surface area contributed by atoms with Gasteiger partial charge in [-0.2, -0.15) is 0 Å². The second-order valence-corrected chi connectivity index (χ2v) is 5.32. The number of hydrogen-bond acceptors (Lipinski definition) is 1. The smallest absolute Gasteiger partial charge is 0.241 e. The first kappa shape index (κ1) is 12.0. The van der Waals surface area contributed by atoms with Gasteiger partial charge < -0.3 is 4.90 Å². The number of rotatable bonds is 1. The average molecular weight is 251 g/mol. The zero-order valence-corrected chi connectivity index (χ0v) is 11.5. The summed E-state index contributed by atoms with van der Waals surface area (Å²) in [5.41, 5.74) is 3.81. The van der Waals surface area contributed by atoms with Gasteiger partial charge in [0, 0.05) is 12.7 Å². The van der Waals surface area contributed by atoms with Crippen molar-refractivity contribution in [2.45, 2.75) is 19.3 Å². The van der Waals surface area contributed by atoms with E-state index in [2.05, 4.69) is 13.0 Å². The molecule has 0 saturated heterocycles. The van der Waals surface area contributed by atoms with Crippen LogP contribution in [0.25, 0.3) is 0 Å². The summed E-state index contributed by atoms with van der Waals surface area (Å²) in [6.45, 7) is 4.10. The Labute approximate surface area is 113 Å². The summed E-state index contributed by atoms with van der Waals surface area (Å²) in [6.07, 6.45) is 0. The van der Waals surface area contributed by atoms with E-state index in [1.165, 1.54) is 5.56 Å². The molecule has 0 N–H and O–H groups in total. The number of likely N-dealkylation sites (N-methyl/N-ethyl adjacent to an activating group) is 1. The van der Waals surface area contributed by atoms with E-state index < -0.39 is 5.41 Å². The highest BCUT2D eigenvalue weighted by Gasteiger charge is 2.47. The Morgan fingerprint density at radius 1 is 1.00 bits per heavy atom. The van der Waals surface area contributed by atoms with E-state index >= 15 is 0 Å². The van der Waals surface area contributed by atoms with Crippen LogP contribution >= 0.6 is 0 Å². The second kappa shape index (κ2) is 3.95. The van der Waals surface area contributed by atoms with Crippen molar-refractivity contribution < 1.29 is 4.79 Å². The van der Waals surface area contributed by atoms with Crippen molar-refractivity contribution in [3.05, 3.63) is 65.2 Å². The molecule has 2 nitrogen and oxygen atoms in total. The Balaban J connectivity index is 2.32. The fourth-order valence-electron chi connectivity index (χ4n) is 3.17. The van der Waals surface area contributed by atoms with Gasteiger partial charge in [0.2, 0.25) is 5.91 Å². The average Bonchev–Trinajstić information content (AvgIpc) is 2.64. The molecule has 0 bridgehead atoms. The molecule has 2 aromatic rings. The van der Waals surface area contributed by atoms with Crippen LogP contribution in [0.4, 0.5) is 5.69 Å². The lowest BCUT2D eigenvalue weighted by Crippen LogP contribution is -2.37. The minimum absolute atomic E-state index is 0.142. The molecule has 2 aromatic carbocycles. The van der Waals surface area contributed by atoms with E-state index in [4.69, 9.17) is 0 Å². The fraction of sp³-hybridized carbons (Fsp3) is 0.235. The monoisotopic (exact) mass is 251 g/mol. The summed E-state index contributed by atoms with van der Waals surface area (Å²) < 4.78 is 0. The number of carbonyl (C=O) groups is 1. The molecule has 1 heterocycles. The summed E-state index contributed by atoms with van der Waals surface area (Å²) in [5.74, 6) is 0.142.